The van der Waals surface area contributed by atoms with Crippen molar-refractivity contribution in [2.75, 3.05) is 0 Å². The molecule has 0 radical (unpaired) electrons. The zero-order valence-corrected chi connectivity index (χ0v) is 16.0. The van der Waals surface area contributed by atoms with E-state index >= 15 is 0 Å². The molecule has 4 aromatic rings. The van der Waals surface area contributed by atoms with Crippen LogP contribution in [-0.4, -0.2) is 40.0 Å². The van der Waals surface area contributed by atoms with Crippen LogP contribution in [-0.2, 0) is 13.1 Å². The highest BCUT2D eigenvalue weighted by molar-refractivity contribution is 5.52. The van der Waals surface area contributed by atoms with Crippen LogP contribution in [0.5, 0.6) is 0 Å². The average molecular weight is 374 g/mol. The van der Waals surface area contributed by atoms with Gasteiger partial charge in [-0.3, -0.25) is 19.3 Å². The molecule has 0 atom stereocenters. The van der Waals surface area contributed by atoms with Gasteiger partial charge in [0.05, 0.1) is 23.8 Å². The third kappa shape index (κ3) is 4.28. The highest BCUT2D eigenvalue weighted by atomic mass is 15.4. The van der Waals surface area contributed by atoms with Crippen molar-refractivity contribution < 1.29 is 0 Å². The summed E-state index contributed by atoms with van der Waals surface area (Å²) in [6, 6.07) is 11.8. The van der Waals surface area contributed by atoms with E-state index in [9.17, 15) is 0 Å². The van der Waals surface area contributed by atoms with Crippen molar-refractivity contribution in [3.8, 4) is 22.8 Å². The molecule has 0 aromatic carbocycles. The van der Waals surface area contributed by atoms with Crippen LogP contribution in [0.4, 0.5) is 0 Å². The third-order valence-electron chi connectivity index (χ3n) is 4.40. The first-order valence-corrected chi connectivity index (χ1v) is 9.36. The van der Waals surface area contributed by atoms with Gasteiger partial charge in [-0.25, -0.2) is 0 Å². The summed E-state index contributed by atoms with van der Waals surface area (Å²) < 4.78 is 3.73. The Bertz CT molecular complexity index is 980. The predicted octanol–water partition coefficient (Wildman–Crippen LogP) is 3.09. The number of hydrogen-bond acceptors (Lipinski definition) is 6. The molecule has 0 spiro atoms. The summed E-state index contributed by atoms with van der Waals surface area (Å²) in [6.07, 6.45) is 5.83. The van der Waals surface area contributed by atoms with Gasteiger partial charge in [0.15, 0.2) is 0 Å². The van der Waals surface area contributed by atoms with Crippen molar-refractivity contribution in [1.82, 2.24) is 40.0 Å². The summed E-state index contributed by atoms with van der Waals surface area (Å²) in [5.74, 6) is 0. The predicted molar refractivity (Wildman–Crippen MR) is 105 cm³/mol. The Labute approximate surface area is 163 Å². The van der Waals surface area contributed by atoms with Crippen LogP contribution in [0, 0.1) is 13.8 Å². The molecular formula is C20H22N8. The minimum Gasteiger partial charge on any atom is -0.252 e. The molecule has 8 heteroatoms. The standard InChI is InChI=1S/C20H22N8/c1-15-7-5-9-17(21-15)19-13-27(25-23-19)11-3-4-12-28-14-20(24-26-28)18-10-6-8-16(2)22-18/h5-10,13-14H,3-4,11-12H2,1-2H3. The fourth-order valence-corrected chi connectivity index (χ4v) is 2.97. The van der Waals surface area contributed by atoms with E-state index in [-0.39, 0.29) is 0 Å². The van der Waals surface area contributed by atoms with E-state index in [4.69, 9.17) is 0 Å². The molecule has 0 amide bonds. The van der Waals surface area contributed by atoms with Gasteiger partial charge in [0.25, 0.3) is 0 Å². The zero-order chi connectivity index (χ0) is 19.3. The quantitative estimate of drug-likeness (QED) is 0.462. The second-order valence-corrected chi connectivity index (χ2v) is 6.77. The number of pyridine rings is 2. The second kappa shape index (κ2) is 8.08. The Hall–Kier alpha value is -3.42. The summed E-state index contributed by atoms with van der Waals surface area (Å²) in [5, 5.41) is 16.9. The smallest absolute Gasteiger partial charge is 0.131 e. The first-order chi connectivity index (χ1) is 13.7. The fraction of sp³-hybridized carbons (Fsp3) is 0.300. The van der Waals surface area contributed by atoms with Gasteiger partial charge in [0.1, 0.15) is 11.4 Å². The highest BCUT2D eigenvalue weighted by Gasteiger charge is 2.07. The molecule has 0 saturated heterocycles. The molecule has 0 aliphatic rings. The summed E-state index contributed by atoms with van der Waals surface area (Å²) >= 11 is 0. The molecule has 4 heterocycles. The lowest BCUT2D eigenvalue weighted by Gasteiger charge is -2.01. The van der Waals surface area contributed by atoms with Crippen molar-refractivity contribution in [2.24, 2.45) is 0 Å². The summed E-state index contributed by atoms with van der Waals surface area (Å²) in [6.45, 7) is 5.55. The van der Waals surface area contributed by atoms with Gasteiger partial charge in [0, 0.05) is 24.5 Å². The normalized spacial score (nSPS) is 11.1. The molecule has 4 rings (SSSR count). The van der Waals surface area contributed by atoms with Gasteiger partial charge in [-0.1, -0.05) is 22.6 Å². The van der Waals surface area contributed by atoms with Crippen LogP contribution in [0.2, 0.25) is 0 Å². The van der Waals surface area contributed by atoms with E-state index in [0.29, 0.717) is 0 Å². The molecule has 0 aliphatic carbocycles. The monoisotopic (exact) mass is 374 g/mol. The van der Waals surface area contributed by atoms with Gasteiger partial charge >= 0.3 is 0 Å². The van der Waals surface area contributed by atoms with Crippen molar-refractivity contribution in [1.29, 1.82) is 0 Å². The van der Waals surface area contributed by atoms with Crippen LogP contribution in [0.3, 0.4) is 0 Å². The van der Waals surface area contributed by atoms with Crippen LogP contribution in [0.15, 0.2) is 48.8 Å². The summed E-state index contributed by atoms with van der Waals surface area (Å²) in [5.41, 5.74) is 5.25. The molecule has 0 bridgehead atoms. The van der Waals surface area contributed by atoms with Crippen molar-refractivity contribution >= 4 is 0 Å². The van der Waals surface area contributed by atoms with Gasteiger partial charge in [0.2, 0.25) is 0 Å². The first kappa shape index (κ1) is 18.0. The molecule has 8 nitrogen and oxygen atoms in total. The molecule has 28 heavy (non-hydrogen) atoms. The fourth-order valence-electron chi connectivity index (χ4n) is 2.97. The van der Waals surface area contributed by atoms with E-state index in [0.717, 1.165) is 60.1 Å². The third-order valence-corrected chi connectivity index (χ3v) is 4.40. The molecule has 4 aromatic heterocycles. The van der Waals surface area contributed by atoms with E-state index < -0.39 is 0 Å². The van der Waals surface area contributed by atoms with Crippen LogP contribution < -0.4 is 0 Å². The highest BCUT2D eigenvalue weighted by Crippen LogP contribution is 2.15. The maximum Gasteiger partial charge on any atom is 0.131 e. The number of aromatic nitrogens is 8. The minimum absolute atomic E-state index is 0.801. The Morgan fingerprint density at radius 2 is 1.11 bits per heavy atom. The molecule has 142 valence electrons. The van der Waals surface area contributed by atoms with Crippen LogP contribution in [0.25, 0.3) is 22.8 Å². The SMILES string of the molecule is Cc1cccc(-c2cn(CCCCn3cc(-c4cccc(C)n4)nn3)nn2)n1. The van der Waals surface area contributed by atoms with Crippen LogP contribution >= 0.6 is 0 Å². The number of unbranched alkanes of at least 4 members (excludes halogenated alkanes) is 1. The average Bonchev–Trinajstić information content (AvgIpc) is 3.35. The summed E-state index contributed by atoms with van der Waals surface area (Å²) in [7, 11) is 0. The lowest BCUT2D eigenvalue weighted by molar-refractivity contribution is 0.487. The first-order valence-electron chi connectivity index (χ1n) is 9.36. The molecule has 0 fully saturated rings. The van der Waals surface area contributed by atoms with E-state index in [1.807, 2.05) is 72.0 Å². The lowest BCUT2D eigenvalue weighted by Crippen LogP contribution is -2.03. The number of aryl methyl sites for hydroxylation is 4. The van der Waals surface area contributed by atoms with Gasteiger partial charge < -0.3 is 0 Å². The Kier molecular flexibility index (Phi) is 5.18. The lowest BCUT2D eigenvalue weighted by atomic mass is 10.2. The summed E-state index contributed by atoms with van der Waals surface area (Å²) in [4.78, 5) is 8.97. The molecule has 0 saturated carbocycles. The van der Waals surface area contributed by atoms with E-state index in [1.165, 1.54) is 0 Å². The van der Waals surface area contributed by atoms with Crippen molar-refractivity contribution in [3.05, 3.63) is 60.2 Å². The van der Waals surface area contributed by atoms with Gasteiger partial charge in [-0.05, 0) is 51.0 Å². The van der Waals surface area contributed by atoms with E-state index in [2.05, 4.69) is 30.6 Å². The number of nitrogens with zero attached hydrogens (tertiary/aromatic N) is 8. The molecule has 0 unspecified atom stereocenters. The molecular weight excluding hydrogens is 352 g/mol. The Balaban J connectivity index is 1.29. The largest absolute Gasteiger partial charge is 0.252 e. The molecule has 0 aliphatic heterocycles. The second-order valence-electron chi connectivity index (χ2n) is 6.77. The Morgan fingerprint density at radius 3 is 1.54 bits per heavy atom. The number of rotatable bonds is 7. The minimum atomic E-state index is 0.801. The van der Waals surface area contributed by atoms with Gasteiger partial charge in [-0.2, -0.15) is 0 Å². The van der Waals surface area contributed by atoms with Crippen molar-refractivity contribution in [2.45, 2.75) is 39.8 Å². The van der Waals surface area contributed by atoms with Crippen molar-refractivity contribution in [3.63, 3.8) is 0 Å². The maximum atomic E-state index is 4.49. The van der Waals surface area contributed by atoms with Gasteiger partial charge in [-0.15, -0.1) is 10.2 Å². The maximum absolute atomic E-state index is 4.49. The zero-order valence-electron chi connectivity index (χ0n) is 16.0. The Morgan fingerprint density at radius 1 is 0.643 bits per heavy atom. The molecule has 0 N–H and O–H groups in total. The topological polar surface area (TPSA) is 87.2 Å². The number of hydrogen-bond donors (Lipinski definition) is 0. The van der Waals surface area contributed by atoms with E-state index in [1.54, 1.807) is 0 Å². The van der Waals surface area contributed by atoms with Crippen LogP contribution in [0.1, 0.15) is 24.2 Å².